The third kappa shape index (κ3) is 3.39. The molecule has 2 rings (SSSR count). The van der Waals surface area contributed by atoms with E-state index in [9.17, 15) is 0 Å². The van der Waals surface area contributed by atoms with Crippen molar-refractivity contribution in [2.45, 2.75) is 25.7 Å². The number of hydrogen-bond acceptors (Lipinski definition) is 2. The summed E-state index contributed by atoms with van der Waals surface area (Å²) in [6, 6.07) is 0. The fourth-order valence-electron chi connectivity index (χ4n) is 1.63. The molecule has 0 bridgehead atoms. The molecule has 0 nitrogen and oxygen atoms in total. The van der Waals surface area contributed by atoms with Gasteiger partial charge in [-0.1, -0.05) is 45.9 Å². The summed E-state index contributed by atoms with van der Waals surface area (Å²) in [5.41, 5.74) is 2.95. The van der Waals surface area contributed by atoms with Crippen molar-refractivity contribution < 1.29 is 0 Å². The summed E-state index contributed by atoms with van der Waals surface area (Å²) in [6.45, 7) is 7.95. The van der Waals surface area contributed by atoms with Gasteiger partial charge in [-0.05, 0) is 37.5 Å². The van der Waals surface area contributed by atoms with E-state index in [4.69, 9.17) is 0 Å². The van der Waals surface area contributed by atoms with Crippen LogP contribution in [0.3, 0.4) is 0 Å². The molecule has 0 amide bonds. The van der Waals surface area contributed by atoms with Gasteiger partial charge in [0.15, 0.2) is 0 Å². The minimum atomic E-state index is 0.881. The van der Waals surface area contributed by atoms with Gasteiger partial charge in [0.1, 0.15) is 0 Å². The monoisotopic (exact) mass is 226 g/mol. The number of allylic oxidation sites excluding steroid dienone is 2. The molecule has 2 aliphatic carbocycles. The topological polar surface area (TPSA) is 0 Å². The zero-order valence-corrected chi connectivity index (χ0v) is 10.3. The fourth-order valence-corrected chi connectivity index (χ4v) is 3.91. The van der Waals surface area contributed by atoms with Crippen molar-refractivity contribution in [2.24, 2.45) is 11.8 Å². The summed E-state index contributed by atoms with van der Waals surface area (Å²) < 4.78 is 0. The highest BCUT2D eigenvalue weighted by molar-refractivity contribution is 8.76. The Kier molecular flexibility index (Phi) is 3.67. The standard InChI is InChI=1S/C12H18S2/c1-9-7-11(9)3-5-13-14-6-4-12-8-10(12)2/h11-12H,1-8H2. The van der Waals surface area contributed by atoms with E-state index in [1.54, 1.807) is 0 Å². The molecule has 2 unspecified atom stereocenters. The summed E-state index contributed by atoms with van der Waals surface area (Å²) in [5.74, 6) is 4.37. The molecule has 14 heavy (non-hydrogen) atoms. The maximum atomic E-state index is 3.98. The van der Waals surface area contributed by atoms with Crippen LogP contribution in [0.15, 0.2) is 24.3 Å². The van der Waals surface area contributed by atoms with Crippen molar-refractivity contribution in [2.75, 3.05) is 11.5 Å². The molecule has 0 radical (unpaired) electrons. The van der Waals surface area contributed by atoms with E-state index in [0.29, 0.717) is 0 Å². The van der Waals surface area contributed by atoms with Gasteiger partial charge in [-0.2, -0.15) is 0 Å². The molecule has 0 heterocycles. The second-order valence-corrected chi connectivity index (χ2v) is 7.04. The molecule has 2 aliphatic rings. The summed E-state index contributed by atoms with van der Waals surface area (Å²) >= 11 is 0. The lowest BCUT2D eigenvalue weighted by molar-refractivity contribution is 0.836. The Bertz CT molecular complexity index is 219. The third-order valence-corrected chi connectivity index (χ3v) is 5.51. The molecule has 2 atom stereocenters. The van der Waals surface area contributed by atoms with E-state index >= 15 is 0 Å². The smallest absolute Gasteiger partial charge is 0.00427 e. The van der Waals surface area contributed by atoms with Crippen LogP contribution >= 0.6 is 21.6 Å². The average Bonchev–Trinajstić information content (AvgIpc) is 3.01. The lowest BCUT2D eigenvalue weighted by atomic mass is 10.3. The Hall–Kier alpha value is 0.180. The summed E-state index contributed by atoms with van der Waals surface area (Å²) in [6.07, 6.45) is 5.31. The molecule has 0 N–H and O–H groups in total. The van der Waals surface area contributed by atoms with Gasteiger partial charge in [0, 0.05) is 11.5 Å². The largest absolute Gasteiger partial charge is 0.0995 e. The van der Waals surface area contributed by atoms with Crippen molar-refractivity contribution in [1.82, 2.24) is 0 Å². The SMILES string of the molecule is C=C1CC1CCSSCCC1CC1=C. The van der Waals surface area contributed by atoms with Crippen LogP contribution in [0.2, 0.25) is 0 Å². The molecule has 2 heteroatoms. The Labute approximate surface area is 95.0 Å². The number of rotatable bonds is 7. The first-order valence-electron chi connectivity index (χ1n) is 5.37. The number of hydrogen-bond donors (Lipinski definition) is 0. The molecule has 0 aromatic rings. The van der Waals surface area contributed by atoms with Crippen molar-refractivity contribution in [3.05, 3.63) is 24.3 Å². The second-order valence-electron chi connectivity index (χ2n) is 4.34. The first-order valence-corrected chi connectivity index (χ1v) is 7.86. The van der Waals surface area contributed by atoms with Gasteiger partial charge in [-0.15, -0.1) is 0 Å². The predicted octanol–water partition coefficient (Wildman–Crippen LogP) is 4.30. The molecule has 0 aromatic carbocycles. The Morgan fingerprint density at radius 1 is 0.929 bits per heavy atom. The van der Waals surface area contributed by atoms with Gasteiger partial charge in [0.2, 0.25) is 0 Å². The fraction of sp³-hybridized carbons (Fsp3) is 0.667. The minimum Gasteiger partial charge on any atom is -0.0995 e. The van der Waals surface area contributed by atoms with Gasteiger partial charge in [0.25, 0.3) is 0 Å². The molecular weight excluding hydrogens is 208 g/mol. The van der Waals surface area contributed by atoms with Crippen LogP contribution in [0.5, 0.6) is 0 Å². The predicted molar refractivity (Wildman–Crippen MR) is 68.6 cm³/mol. The Morgan fingerprint density at radius 2 is 1.29 bits per heavy atom. The molecule has 0 aliphatic heterocycles. The Morgan fingerprint density at radius 3 is 1.57 bits per heavy atom. The van der Waals surface area contributed by atoms with Crippen LogP contribution in [0.25, 0.3) is 0 Å². The van der Waals surface area contributed by atoms with Crippen LogP contribution in [-0.4, -0.2) is 11.5 Å². The lowest BCUT2D eigenvalue weighted by Crippen LogP contribution is -1.82. The van der Waals surface area contributed by atoms with Crippen molar-refractivity contribution in [3.63, 3.8) is 0 Å². The average molecular weight is 226 g/mol. The van der Waals surface area contributed by atoms with Crippen LogP contribution in [0.4, 0.5) is 0 Å². The highest BCUT2D eigenvalue weighted by Gasteiger charge is 2.27. The summed E-state index contributed by atoms with van der Waals surface area (Å²) in [7, 11) is 4.08. The summed E-state index contributed by atoms with van der Waals surface area (Å²) in [5, 5.41) is 0. The zero-order chi connectivity index (χ0) is 9.97. The van der Waals surface area contributed by atoms with Crippen LogP contribution < -0.4 is 0 Å². The minimum absolute atomic E-state index is 0.881. The molecule has 78 valence electrons. The Balaban J connectivity index is 1.36. The quantitative estimate of drug-likeness (QED) is 0.360. The van der Waals surface area contributed by atoms with E-state index in [0.717, 1.165) is 11.8 Å². The van der Waals surface area contributed by atoms with Crippen molar-refractivity contribution in [1.29, 1.82) is 0 Å². The van der Waals surface area contributed by atoms with Gasteiger partial charge in [0.05, 0.1) is 0 Å². The second kappa shape index (κ2) is 4.80. The van der Waals surface area contributed by atoms with E-state index in [2.05, 4.69) is 13.2 Å². The molecule has 0 aromatic heterocycles. The third-order valence-electron chi connectivity index (χ3n) is 3.03. The van der Waals surface area contributed by atoms with E-state index < -0.39 is 0 Å². The van der Waals surface area contributed by atoms with Crippen LogP contribution in [0, 0.1) is 11.8 Å². The van der Waals surface area contributed by atoms with E-state index in [1.807, 2.05) is 21.6 Å². The molecule has 2 fully saturated rings. The highest BCUT2D eigenvalue weighted by Crippen LogP contribution is 2.42. The van der Waals surface area contributed by atoms with Gasteiger partial charge >= 0.3 is 0 Å². The summed E-state index contributed by atoms with van der Waals surface area (Å²) in [4.78, 5) is 0. The lowest BCUT2D eigenvalue weighted by Gasteiger charge is -1.99. The molecule has 2 saturated carbocycles. The normalized spacial score (nSPS) is 29.4. The first kappa shape index (κ1) is 10.7. The maximum absolute atomic E-state index is 3.98. The molecular formula is C12H18S2. The highest BCUT2D eigenvalue weighted by atomic mass is 33.1. The van der Waals surface area contributed by atoms with Crippen molar-refractivity contribution in [3.8, 4) is 0 Å². The van der Waals surface area contributed by atoms with E-state index in [-0.39, 0.29) is 0 Å². The van der Waals surface area contributed by atoms with Crippen LogP contribution in [0.1, 0.15) is 25.7 Å². The first-order chi connectivity index (χ1) is 6.77. The van der Waals surface area contributed by atoms with Crippen LogP contribution in [-0.2, 0) is 0 Å². The van der Waals surface area contributed by atoms with Crippen molar-refractivity contribution >= 4 is 21.6 Å². The van der Waals surface area contributed by atoms with Gasteiger partial charge in [-0.3, -0.25) is 0 Å². The van der Waals surface area contributed by atoms with Gasteiger partial charge < -0.3 is 0 Å². The maximum Gasteiger partial charge on any atom is 0.00427 e. The molecule has 0 saturated heterocycles. The molecule has 0 spiro atoms. The van der Waals surface area contributed by atoms with E-state index in [1.165, 1.54) is 48.3 Å². The zero-order valence-electron chi connectivity index (χ0n) is 8.63. The van der Waals surface area contributed by atoms with Gasteiger partial charge in [-0.25, -0.2) is 0 Å².